The Morgan fingerprint density at radius 1 is 1.47 bits per heavy atom. The summed E-state index contributed by atoms with van der Waals surface area (Å²) >= 11 is 0. The Bertz CT molecular complexity index is 478. The largest absolute Gasteiger partial charge is 0.449 e. The lowest BCUT2D eigenvalue weighted by molar-refractivity contribution is 0.112. The molecule has 0 aromatic heterocycles. The molecule has 0 radical (unpaired) electrons. The fourth-order valence-corrected chi connectivity index (χ4v) is 2.10. The van der Waals surface area contributed by atoms with E-state index in [9.17, 15) is 4.79 Å². The van der Waals surface area contributed by atoms with E-state index in [4.69, 9.17) is 10.00 Å². The van der Waals surface area contributed by atoms with Crippen molar-refractivity contribution in [2.24, 2.45) is 5.92 Å². The first-order chi connectivity index (χ1) is 9.24. The molecule has 100 valence electrons. The zero-order chi connectivity index (χ0) is 13.7. The number of amides is 1. The molecular formula is C14H17N3O2. The molecule has 2 rings (SSSR count). The summed E-state index contributed by atoms with van der Waals surface area (Å²) in [6.45, 7) is 2.04. The van der Waals surface area contributed by atoms with Crippen LogP contribution in [0.15, 0.2) is 24.3 Å². The number of cyclic esters (lactones) is 1. The minimum atomic E-state index is -0.314. The SMILES string of the molecule is CNCCC1COC(=O)N(c2ccc(C#N)cc2)C1. The van der Waals surface area contributed by atoms with Crippen LogP contribution in [0, 0.1) is 17.2 Å². The van der Waals surface area contributed by atoms with E-state index in [1.54, 1.807) is 29.2 Å². The molecule has 1 aromatic carbocycles. The monoisotopic (exact) mass is 259 g/mol. The Hall–Kier alpha value is -2.06. The summed E-state index contributed by atoms with van der Waals surface area (Å²) in [5.74, 6) is 0.334. The maximum atomic E-state index is 11.8. The number of carbonyl (C=O) groups excluding carboxylic acids is 1. The standard InChI is InChI=1S/C14H17N3O2/c1-16-7-6-12-9-17(14(18)19-10-12)13-4-2-11(8-15)3-5-13/h2-5,12,16H,6-7,9-10H2,1H3. The third kappa shape index (κ3) is 3.24. The van der Waals surface area contributed by atoms with Crippen LogP contribution >= 0.6 is 0 Å². The molecule has 1 amide bonds. The first kappa shape index (κ1) is 13.4. The number of rotatable bonds is 4. The Labute approximate surface area is 112 Å². The molecule has 1 aliphatic rings. The number of hydrogen-bond donors (Lipinski definition) is 1. The van der Waals surface area contributed by atoms with Crippen molar-refractivity contribution >= 4 is 11.8 Å². The predicted molar refractivity (Wildman–Crippen MR) is 71.9 cm³/mol. The topological polar surface area (TPSA) is 65.4 Å². The lowest BCUT2D eigenvalue weighted by Crippen LogP contribution is -2.43. The van der Waals surface area contributed by atoms with Crippen LogP contribution in [0.3, 0.4) is 0 Å². The van der Waals surface area contributed by atoms with Gasteiger partial charge in [-0.1, -0.05) is 0 Å². The van der Waals surface area contributed by atoms with Crippen LogP contribution in [0.25, 0.3) is 0 Å². The van der Waals surface area contributed by atoms with Gasteiger partial charge in [-0.25, -0.2) is 4.79 Å². The van der Waals surface area contributed by atoms with Gasteiger partial charge >= 0.3 is 6.09 Å². The average Bonchev–Trinajstić information content (AvgIpc) is 2.46. The van der Waals surface area contributed by atoms with Gasteiger partial charge in [-0.05, 0) is 44.3 Å². The molecular weight excluding hydrogens is 242 g/mol. The van der Waals surface area contributed by atoms with Crippen molar-refractivity contribution in [2.45, 2.75) is 6.42 Å². The molecule has 0 bridgehead atoms. The second-order valence-electron chi connectivity index (χ2n) is 4.60. The van der Waals surface area contributed by atoms with Gasteiger partial charge < -0.3 is 10.1 Å². The summed E-state index contributed by atoms with van der Waals surface area (Å²) in [5, 5.41) is 11.9. The molecule has 1 aliphatic heterocycles. The van der Waals surface area contributed by atoms with Crippen LogP contribution < -0.4 is 10.2 Å². The van der Waals surface area contributed by atoms with Gasteiger partial charge in [-0.3, -0.25) is 4.90 Å². The minimum absolute atomic E-state index is 0.314. The van der Waals surface area contributed by atoms with Gasteiger partial charge in [-0.2, -0.15) is 5.26 Å². The van der Waals surface area contributed by atoms with Crippen molar-refractivity contribution in [3.63, 3.8) is 0 Å². The maximum Gasteiger partial charge on any atom is 0.414 e. The molecule has 1 saturated heterocycles. The molecule has 0 spiro atoms. The molecule has 1 N–H and O–H groups in total. The van der Waals surface area contributed by atoms with Gasteiger partial charge in [-0.15, -0.1) is 0 Å². The smallest absolute Gasteiger partial charge is 0.414 e. The lowest BCUT2D eigenvalue weighted by Gasteiger charge is -2.32. The third-order valence-corrected chi connectivity index (χ3v) is 3.21. The second-order valence-corrected chi connectivity index (χ2v) is 4.60. The van der Waals surface area contributed by atoms with Gasteiger partial charge in [0, 0.05) is 18.2 Å². The van der Waals surface area contributed by atoms with Gasteiger partial charge in [0.25, 0.3) is 0 Å². The van der Waals surface area contributed by atoms with Gasteiger partial charge in [0.2, 0.25) is 0 Å². The highest BCUT2D eigenvalue weighted by Crippen LogP contribution is 2.22. The van der Waals surface area contributed by atoms with Crippen molar-refractivity contribution in [3.8, 4) is 6.07 Å². The predicted octanol–water partition coefficient (Wildman–Crippen LogP) is 1.74. The van der Waals surface area contributed by atoms with E-state index in [-0.39, 0.29) is 6.09 Å². The van der Waals surface area contributed by atoms with Crippen molar-refractivity contribution < 1.29 is 9.53 Å². The highest BCUT2D eigenvalue weighted by atomic mass is 16.6. The fraction of sp³-hybridized carbons (Fsp3) is 0.429. The summed E-state index contributed by atoms with van der Waals surface area (Å²) in [4.78, 5) is 13.4. The Morgan fingerprint density at radius 2 is 2.21 bits per heavy atom. The van der Waals surface area contributed by atoms with Crippen molar-refractivity contribution in [3.05, 3.63) is 29.8 Å². The Balaban J connectivity index is 2.07. The fourth-order valence-electron chi connectivity index (χ4n) is 2.10. The number of nitrogens with one attached hydrogen (secondary N) is 1. The number of carbonyl (C=O) groups is 1. The zero-order valence-electron chi connectivity index (χ0n) is 10.9. The lowest BCUT2D eigenvalue weighted by atomic mass is 10.0. The molecule has 1 unspecified atom stereocenters. The normalized spacial score (nSPS) is 18.8. The van der Waals surface area contributed by atoms with E-state index >= 15 is 0 Å². The molecule has 5 nitrogen and oxygen atoms in total. The van der Waals surface area contributed by atoms with E-state index < -0.39 is 0 Å². The summed E-state index contributed by atoms with van der Waals surface area (Å²) in [6.07, 6.45) is 0.654. The van der Waals surface area contributed by atoms with Crippen LogP contribution in [-0.4, -0.2) is 32.8 Å². The second kappa shape index (κ2) is 6.21. The molecule has 1 aromatic rings. The molecule has 1 heterocycles. The number of nitriles is 1. The number of anilines is 1. The average molecular weight is 259 g/mol. The van der Waals surface area contributed by atoms with Crippen molar-refractivity contribution in [2.75, 3.05) is 31.6 Å². The summed E-state index contributed by atoms with van der Waals surface area (Å²) < 4.78 is 5.21. The minimum Gasteiger partial charge on any atom is -0.449 e. The first-order valence-corrected chi connectivity index (χ1v) is 6.33. The molecule has 0 saturated carbocycles. The molecule has 19 heavy (non-hydrogen) atoms. The van der Waals surface area contributed by atoms with E-state index in [1.807, 2.05) is 7.05 Å². The van der Waals surface area contributed by atoms with E-state index in [1.165, 1.54) is 0 Å². The highest BCUT2D eigenvalue weighted by Gasteiger charge is 2.27. The Kier molecular flexibility index (Phi) is 4.37. The van der Waals surface area contributed by atoms with Gasteiger partial charge in [0.05, 0.1) is 18.2 Å². The van der Waals surface area contributed by atoms with Crippen LogP contribution in [-0.2, 0) is 4.74 Å². The van der Waals surface area contributed by atoms with E-state index in [0.29, 0.717) is 24.6 Å². The number of hydrogen-bond acceptors (Lipinski definition) is 4. The van der Waals surface area contributed by atoms with Gasteiger partial charge in [0.1, 0.15) is 0 Å². The van der Waals surface area contributed by atoms with Crippen LogP contribution in [0.1, 0.15) is 12.0 Å². The zero-order valence-corrected chi connectivity index (χ0v) is 10.9. The van der Waals surface area contributed by atoms with Crippen LogP contribution in [0.2, 0.25) is 0 Å². The number of benzene rings is 1. The van der Waals surface area contributed by atoms with Gasteiger partial charge in [0.15, 0.2) is 0 Å². The summed E-state index contributed by atoms with van der Waals surface area (Å²) in [7, 11) is 1.91. The van der Waals surface area contributed by atoms with Crippen molar-refractivity contribution in [1.29, 1.82) is 5.26 Å². The Morgan fingerprint density at radius 3 is 2.84 bits per heavy atom. The first-order valence-electron chi connectivity index (χ1n) is 6.33. The number of nitrogens with zero attached hydrogens (tertiary/aromatic N) is 2. The maximum absolute atomic E-state index is 11.8. The summed E-state index contributed by atoms with van der Waals surface area (Å²) in [5.41, 5.74) is 1.36. The van der Waals surface area contributed by atoms with Crippen LogP contribution in [0.4, 0.5) is 10.5 Å². The molecule has 1 fully saturated rings. The van der Waals surface area contributed by atoms with Crippen molar-refractivity contribution in [1.82, 2.24) is 5.32 Å². The van der Waals surface area contributed by atoms with E-state index in [2.05, 4.69) is 11.4 Å². The molecule has 1 atom stereocenters. The quantitative estimate of drug-likeness (QED) is 0.894. The molecule has 5 heteroatoms. The third-order valence-electron chi connectivity index (χ3n) is 3.21. The highest BCUT2D eigenvalue weighted by molar-refractivity contribution is 5.88. The molecule has 0 aliphatic carbocycles. The van der Waals surface area contributed by atoms with E-state index in [0.717, 1.165) is 18.7 Å². The summed E-state index contributed by atoms with van der Waals surface area (Å²) in [6, 6.07) is 9.03. The van der Waals surface area contributed by atoms with Crippen LogP contribution in [0.5, 0.6) is 0 Å². The number of ether oxygens (including phenoxy) is 1.